The highest BCUT2D eigenvalue weighted by Crippen LogP contribution is 2.52. The first-order valence-corrected chi connectivity index (χ1v) is 6.57. The van der Waals surface area contributed by atoms with Gasteiger partial charge in [-0.1, -0.05) is 58.0 Å². The Bertz CT molecular complexity index is 244. The van der Waals surface area contributed by atoms with Gasteiger partial charge in [-0.15, -0.1) is 11.6 Å². The first kappa shape index (κ1) is 15.9. The molecule has 0 saturated carbocycles. The van der Waals surface area contributed by atoms with Crippen LogP contribution >= 0.6 is 77.4 Å². The molecule has 0 aromatic carbocycles. The smallest absolute Gasteiger partial charge is 0.303 e. The maximum absolute atomic E-state index is 10.4. The maximum atomic E-state index is 10.4. The average Bonchev–Trinajstić information content (AvgIpc) is 1.78. The third-order valence-electron chi connectivity index (χ3n) is 0.823. The minimum atomic E-state index is -4.93. The van der Waals surface area contributed by atoms with Gasteiger partial charge in [0, 0.05) is 0 Å². The summed E-state index contributed by atoms with van der Waals surface area (Å²) in [6.07, 6.45) is 0. The molecule has 0 aliphatic carbocycles. The lowest BCUT2D eigenvalue weighted by atomic mass is 10.5. The van der Waals surface area contributed by atoms with Crippen molar-refractivity contribution >= 4 is 77.4 Å². The van der Waals surface area contributed by atoms with Gasteiger partial charge < -0.3 is 9.79 Å². The Morgan fingerprint density at radius 2 is 1.50 bits per heavy atom. The van der Waals surface area contributed by atoms with Gasteiger partial charge in [-0.3, -0.25) is 0 Å². The Kier molecular flexibility index (Phi) is 5.67. The SMILES string of the molecule is O=P(O)(O)OC(Cl)(Cl)C(Cl)C(Cl)(Cl)Cl. The van der Waals surface area contributed by atoms with Crippen LogP contribution in [-0.4, -0.2) is 23.5 Å². The number of halogens is 6. The van der Waals surface area contributed by atoms with Gasteiger partial charge in [0.05, 0.1) is 0 Å². The maximum Gasteiger partial charge on any atom is 0.472 e. The Hall–Kier alpha value is 1.85. The van der Waals surface area contributed by atoms with E-state index in [1.54, 1.807) is 0 Å². The molecule has 0 rings (SSSR count). The van der Waals surface area contributed by atoms with E-state index in [9.17, 15) is 4.57 Å². The van der Waals surface area contributed by atoms with Crippen molar-refractivity contribution in [3.05, 3.63) is 0 Å². The summed E-state index contributed by atoms with van der Waals surface area (Å²) in [6.45, 7) is 0. The number of rotatable bonds is 3. The molecule has 14 heavy (non-hydrogen) atoms. The largest absolute Gasteiger partial charge is 0.472 e. The van der Waals surface area contributed by atoms with Crippen molar-refractivity contribution < 1.29 is 18.9 Å². The number of hydrogen-bond acceptors (Lipinski definition) is 2. The first-order chi connectivity index (χ1) is 5.86. The van der Waals surface area contributed by atoms with E-state index in [-0.39, 0.29) is 0 Å². The van der Waals surface area contributed by atoms with Crippen LogP contribution in [0, 0.1) is 0 Å². The summed E-state index contributed by atoms with van der Waals surface area (Å²) in [6, 6.07) is 0. The zero-order valence-corrected chi connectivity index (χ0v) is 11.4. The highest BCUT2D eigenvalue weighted by molar-refractivity contribution is 7.46. The van der Waals surface area contributed by atoms with Crippen molar-refractivity contribution in [3.63, 3.8) is 0 Å². The molecule has 0 fully saturated rings. The van der Waals surface area contributed by atoms with Crippen LogP contribution in [0.4, 0.5) is 0 Å². The molecule has 0 bridgehead atoms. The number of phosphoric ester groups is 1. The van der Waals surface area contributed by atoms with Crippen LogP contribution in [0.25, 0.3) is 0 Å². The molecule has 11 heteroatoms. The summed E-state index contributed by atoms with van der Waals surface area (Å²) in [7, 11) is -4.93. The van der Waals surface area contributed by atoms with E-state index in [4.69, 9.17) is 79.4 Å². The molecule has 2 N–H and O–H groups in total. The molecule has 0 radical (unpaired) electrons. The minimum Gasteiger partial charge on any atom is -0.303 e. The van der Waals surface area contributed by atoms with Gasteiger partial charge in [0.1, 0.15) is 5.38 Å². The lowest BCUT2D eigenvalue weighted by molar-refractivity contribution is 0.153. The van der Waals surface area contributed by atoms with Crippen LogP contribution in [0.3, 0.4) is 0 Å². The molecule has 0 spiro atoms. The lowest BCUT2D eigenvalue weighted by Crippen LogP contribution is -2.38. The fraction of sp³-hybridized carbons (Fsp3) is 1.00. The molecule has 0 aromatic rings. The van der Waals surface area contributed by atoms with Crippen LogP contribution in [0.1, 0.15) is 0 Å². The Morgan fingerprint density at radius 1 is 1.14 bits per heavy atom. The molecule has 0 aliphatic rings. The third-order valence-corrected chi connectivity index (χ3v) is 4.00. The summed E-state index contributed by atoms with van der Waals surface area (Å²) in [5.41, 5.74) is 0. The molecule has 0 heterocycles. The van der Waals surface area contributed by atoms with Gasteiger partial charge in [0.25, 0.3) is 0 Å². The van der Waals surface area contributed by atoms with Crippen LogP contribution in [0.15, 0.2) is 0 Å². The zero-order chi connectivity index (χ0) is 11.8. The van der Waals surface area contributed by atoms with Crippen LogP contribution in [0.2, 0.25) is 0 Å². The highest BCUT2D eigenvalue weighted by Gasteiger charge is 2.50. The molecular formula is C3H3Cl6O4P. The quantitative estimate of drug-likeness (QED) is 0.608. The summed E-state index contributed by atoms with van der Waals surface area (Å²) in [4.78, 5) is 16.8. The molecular weight excluding hydrogens is 344 g/mol. The van der Waals surface area contributed by atoms with Crippen molar-refractivity contribution in [3.8, 4) is 0 Å². The van der Waals surface area contributed by atoms with Crippen molar-refractivity contribution in [2.45, 2.75) is 13.7 Å². The van der Waals surface area contributed by atoms with E-state index in [0.717, 1.165) is 0 Å². The van der Waals surface area contributed by atoms with Gasteiger partial charge >= 0.3 is 7.82 Å². The summed E-state index contributed by atoms with van der Waals surface area (Å²) in [5, 5.41) is -1.67. The monoisotopic (exact) mass is 344 g/mol. The standard InChI is InChI=1S/C3H3Cl6O4P/c4-1(2(5,6)7)3(8,9)13-14(10,11)12/h1H,(H2,10,11,12). The average molecular weight is 347 g/mol. The summed E-state index contributed by atoms with van der Waals surface area (Å²) < 4.78 is 9.66. The van der Waals surface area contributed by atoms with E-state index in [0.29, 0.717) is 0 Å². The molecule has 0 saturated heterocycles. The molecule has 4 nitrogen and oxygen atoms in total. The van der Waals surface area contributed by atoms with Crippen LogP contribution in [-0.2, 0) is 9.09 Å². The predicted octanol–water partition coefficient (Wildman–Crippen LogP) is 3.20. The fourth-order valence-electron chi connectivity index (χ4n) is 0.395. The lowest BCUT2D eigenvalue weighted by Gasteiger charge is -2.29. The van der Waals surface area contributed by atoms with E-state index >= 15 is 0 Å². The van der Waals surface area contributed by atoms with E-state index in [2.05, 4.69) is 4.52 Å². The van der Waals surface area contributed by atoms with Gasteiger partial charge in [0.15, 0.2) is 0 Å². The normalized spacial score (nSPS) is 16.9. The van der Waals surface area contributed by atoms with Crippen LogP contribution < -0.4 is 0 Å². The topological polar surface area (TPSA) is 66.8 Å². The molecule has 0 aromatic heterocycles. The van der Waals surface area contributed by atoms with Crippen molar-refractivity contribution in [1.29, 1.82) is 0 Å². The number of alkyl halides is 6. The third kappa shape index (κ3) is 5.80. The number of phosphoric acid groups is 1. The van der Waals surface area contributed by atoms with Gasteiger partial charge in [-0.2, -0.15) is 0 Å². The second-order valence-corrected chi connectivity index (χ2v) is 7.33. The molecule has 1 unspecified atom stereocenters. The van der Waals surface area contributed by atoms with Gasteiger partial charge in [0.2, 0.25) is 8.31 Å². The molecule has 0 amide bonds. The second kappa shape index (κ2) is 5.01. The van der Waals surface area contributed by atoms with Gasteiger partial charge in [-0.05, 0) is 0 Å². The van der Waals surface area contributed by atoms with E-state index < -0.39 is 21.5 Å². The Morgan fingerprint density at radius 3 is 1.71 bits per heavy atom. The minimum absolute atomic E-state index is 1.67. The Labute approximate surface area is 110 Å². The summed E-state index contributed by atoms with van der Waals surface area (Å²) in [5.74, 6) is 0. The van der Waals surface area contributed by atoms with E-state index in [1.165, 1.54) is 0 Å². The summed E-state index contributed by atoms with van der Waals surface area (Å²) >= 11 is 32.0. The molecule has 1 atom stereocenters. The second-order valence-electron chi connectivity index (χ2n) is 2.05. The van der Waals surface area contributed by atoms with Crippen molar-refractivity contribution in [2.24, 2.45) is 0 Å². The zero-order valence-electron chi connectivity index (χ0n) is 6.00. The predicted molar refractivity (Wildman–Crippen MR) is 57.5 cm³/mol. The fourth-order valence-corrected chi connectivity index (χ4v) is 2.59. The molecule has 0 aliphatic heterocycles. The van der Waals surface area contributed by atoms with Crippen molar-refractivity contribution in [2.75, 3.05) is 0 Å². The van der Waals surface area contributed by atoms with Crippen molar-refractivity contribution in [1.82, 2.24) is 0 Å². The first-order valence-electron chi connectivity index (χ1n) is 2.71. The number of hydrogen-bond donors (Lipinski definition) is 2. The highest BCUT2D eigenvalue weighted by atomic mass is 35.6. The van der Waals surface area contributed by atoms with E-state index in [1.807, 2.05) is 0 Å². The Balaban J connectivity index is 4.71. The van der Waals surface area contributed by atoms with Gasteiger partial charge in [-0.25, -0.2) is 9.09 Å². The van der Waals surface area contributed by atoms with Crippen LogP contribution in [0.5, 0.6) is 0 Å². The molecule has 86 valence electrons.